The van der Waals surface area contributed by atoms with Crippen LogP contribution in [0.3, 0.4) is 0 Å². The third-order valence-electron chi connectivity index (χ3n) is 4.95. The Bertz CT molecular complexity index is 229. The molecule has 1 rings (SSSR count). The number of rotatable bonds is 12. The summed E-state index contributed by atoms with van der Waals surface area (Å²) in [4.78, 5) is 0. The fourth-order valence-corrected chi connectivity index (χ4v) is 3.72. The maximum Gasteiger partial charge on any atom is 0.0769 e. The second kappa shape index (κ2) is 12.4. The fourth-order valence-electron chi connectivity index (χ4n) is 3.72. The number of hydrogen-bond acceptors (Lipinski definition) is 3. The highest BCUT2D eigenvalue weighted by Gasteiger charge is 2.30. The molecule has 0 heterocycles. The van der Waals surface area contributed by atoms with Gasteiger partial charge in [0.2, 0.25) is 0 Å². The second-order valence-corrected chi connectivity index (χ2v) is 6.65. The average Bonchev–Trinajstić information content (AvgIpc) is 2.53. The molecular formula is C18H38N2O. The molecule has 1 aliphatic rings. The summed E-state index contributed by atoms with van der Waals surface area (Å²) >= 11 is 0. The molecule has 2 unspecified atom stereocenters. The molecule has 0 bridgehead atoms. The van der Waals surface area contributed by atoms with Gasteiger partial charge in [-0.05, 0) is 32.1 Å². The molecule has 0 spiro atoms. The number of unbranched alkanes of at least 4 members (excludes halogenated alkanes) is 5. The fraction of sp³-hybridized carbons (Fsp3) is 1.00. The Balaban J connectivity index is 2.33. The van der Waals surface area contributed by atoms with Gasteiger partial charge < -0.3 is 4.74 Å². The maximum absolute atomic E-state index is 6.09. The third kappa shape index (κ3) is 7.62. The van der Waals surface area contributed by atoms with Gasteiger partial charge in [0.15, 0.2) is 0 Å². The first-order chi connectivity index (χ1) is 10.3. The lowest BCUT2D eigenvalue weighted by atomic mass is 9.81. The maximum atomic E-state index is 6.09. The summed E-state index contributed by atoms with van der Waals surface area (Å²) in [7, 11) is 0. The smallest absolute Gasteiger partial charge is 0.0769 e. The summed E-state index contributed by atoms with van der Waals surface area (Å²) in [6.45, 7) is 5.18. The largest absolute Gasteiger partial charge is 0.377 e. The zero-order valence-electron chi connectivity index (χ0n) is 14.4. The van der Waals surface area contributed by atoms with Crippen LogP contribution in [-0.4, -0.2) is 18.8 Å². The van der Waals surface area contributed by atoms with E-state index in [-0.39, 0.29) is 0 Å². The van der Waals surface area contributed by atoms with E-state index in [4.69, 9.17) is 10.6 Å². The van der Waals surface area contributed by atoms with Crippen molar-refractivity contribution in [2.24, 2.45) is 11.8 Å². The van der Waals surface area contributed by atoms with Crippen molar-refractivity contribution in [3.05, 3.63) is 0 Å². The van der Waals surface area contributed by atoms with Gasteiger partial charge in [-0.3, -0.25) is 11.3 Å². The Morgan fingerprint density at radius 3 is 2.29 bits per heavy atom. The summed E-state index contributed by atoms with van der Waals surface area (Å²) < 4.78 is 6.09. The molecule has 0 aromatic rings. The highest BCUT2D eigenvalue weighted by molar-refractivity contribution is 4.84. The molecule has 0 radical (unpaired) electrons. The van der Waals surface area contributed by atoms with E-state index in [0.29, 0.717) is 18.1 Å². The molecule has 0 amide bonds. The average molecular weight is 299 g/mol. The number of ether oxygens (including phenoxy) is 1. The topological polar surface area (TPSA) is 47.3 Å². The van der Waals surface area contributed by atoms with E-state index in [0.717, 1.165) is 13.0 Å². The van der Waals surface area contributed by atoms with Crippen LogP contribution >= 0.6 is 0 Å². The minimum absolute atomic E-state index is 0.316. The summed E-state index contributed by atoms with van der Waals surface area (Å²) in [5.41, 5.74) is 3.06. The van der Waals surface area contributed by atoms with Crippen molar-refractivity contribution >= 4 is 0 Å². The lowest BCUT2D eigenvalue weighted by Gasteiger charge is -2.35. The van der Waals surface area contributed by atoms with E-state index < -0.39 is 0 Å². The molecule has 2 atom stereocenters. The molecule has 126 valence electrons. The van der Waals surface area contributed by atoms with Gasteiger partial charge in [0.05, 0.1) is 6.10 Å². The van der Waals surface area contributed by atoms with Gasteiger partial charge in [-0.2, -0.15) is 0 Å². The van der Waals surface area contributed by atoms with Gasteiger partial charge in [0.25, 0.3) is 0 Å². The van der Waals surface area contributed by atoms with Crippen LogP contribution in [0.5, 0.6) is 0 Å². The molecule has 1 saturated carbocycles. The summed E-state index contributed by atoms with van der Waals surface area (Å²) in [5.74, 6) is 6.55. The van der Waals surface area contributed by atoms with E-state index in [1.807, 2.05) is 0 Å². The van der Waals surface area contributed by atoms with Gasteiger partial charge in [-0.25, -0.2) is 0 Å². The number of nitrogens with one attached hydrogen (secondary N) is 1. The van der Waals surface area contributed by atoms with Gasteiger partial charge in [-0.1, -0.05) is 64.7 Å². The zero-order chi connectivity index (χ0) is 15.3. The number of hydrazine groups is 1. The molecule has 21 heavy (non-hydrogen) atoms. The number of hydrogen-bond donors (Lipinski definition) is 2. The van der Waals surface area contributed by atoms with Crippen LogP contribution in [0.1, 0.15) is 90.9 Å². The Hall–Kier alpha value is -0.120. The van der Waals surface area contributed by atoms with Crippen molar-refractivity contribution in [2.45, 2.75) is 103 Å². The van der Waals surface area contributed by atoms with Gasteiger partial charge in [-0.15, -0.1) is 0 Å². The highest BCUT2D eigenvalue weighted by Crippen LogP contribution is 2.30. The minimum atomic E-state index is 0.316. The molecule has 1 aliphatic carbocycles. The van der Waals surface area contributed by atoms with Crippen molar-refractivity contribution in [2.75, 3.05) is 6.61 Å². The molecule has 0 saturated heterocycles. The Morgan fingerprint density at radius 2 is 1.67 bits per heavy atom. The highest BCUT2D eigenvalue weighted by atomic mass is 16.5. The van der Waals surface area contributed by atoms with Crippen molar-refractivity contribution in [1.82, 2.24) is 5.43 Å². The van der Waals surface area contributed by atoms with Crippen LogP contribution in [0.4, 0.5) is 0 Å². The van der Waals surface area contributed by atoms with Crippen molar-refractivity contribution in [3.8, 4) is 0 Å². The van der Waals surface area contributed by atoms with Crippen LogP contribution in [0.2, 0.25) is 0 Å². The quantitative estimate of drug-likeness (QED) is 0.315. The first kappa shape index (κ1) is 18.9. The molecule has 0 aliphatic heterocycles. The van der Waals surface area contributed by atoms with Gasteiger partial charge in [0.1, 0.15) is 0 Å². The van der Waals surface area contributed by atoms with E-state index in [9.17, 15) is 0 Å². The normalized spacial score (nSPS) is 19.6. The number of nitrogens with two attached hydrogens (primary N) is 1. The molecule has 3 nitrogen and oxygen atoms in total. The van der Waals surface area contributed by atoms with Crippen molar-refractivity contribution in [3.63, 3.8) is 0 Å². The predicted octanol–water partition coefficient (Wildman–Crippen LogP) is 4.55. The first-order valence-electron chi connectivity index (χ1n) is 9.41. The van der Waals surface area contributed by atoms with E-state index in [2.05, 4.69) is 19.3 Å². The minimum Gasteiger partial charge on any atom is -0.377 e. The van der Waals surface area contributed by atoms with Crippen LogP contribution in [0.25, 0.3) is 0 Å². The van der Waals surface area contributed by atoms with Gasteiger partial charge in [0, 0.05) is 12.6 Å². The van der Waals surface area contributed by atoms with Crippen LogP contribution in [0.15, 0.2) is 0 Å². The Kier molecular flexibility index (Phi) is 11.2. The lowest BCUT2D eigenvalue weighted by Crippen LogP contribution is -2.49. The second-order valence-electron chi connectivity index (χ2n) is 6.65. The van der Waals surface area contributed by atoms with E-state index in [1.54, 1.807) is 0 Å². The summed E-state index contributed by atoms with van der Waals surface area (Å²) in [6, 6.07) is 0.333. The van der Waals surface area contributed by atoms with Crippen LogP contribution in [0, 0.1) is 5.92 Å². The SMILES string of the molecule is CCCCCCCCC(NN)C(OCC)C1CCCCC1. The zero-order valence-corrected chi connectivity index (χ0v) is 14.4. The molecule has 0 aromatic heterocycles. The van der Waals surface area contributed by atoms with Crippen molar-refractivity contribution < 1.29 is 4.74 Å². The third-order valence-corrected chi connectivity index (χ3v) is 4.95. The predicted molar refractivity (Wildman–Crippen MR) is 91.1 cm³/mol. The summed E-state index contributed by atoms with van der Waals surface area (Å²) in [5, 5.41) is 0. The Labute approximate surface area is 132 Å². The molecule has 3 heteroatoms. The van der Waals surface area contributed by atoms with E-state index >= 15 is 0 Å². The van der Waals surface area contributed by atoms with Crippen molar-refractivity contribution in [1.29, 1.82) is 0 Å². The van der Waals surface area contributed by atoms with E-state index in [1.165, 1.54) is 70.6 Å². The molecule has 3 N–H and O–H groups in total. The summed E-state index contributed by atoms with van der Waals surface area (Å²) in [6.07, 6.45) is 16.3. The monoisotopic (exact) mass is 298 g/mol. The molecule has 1 fully saturated rings. The molecular weight excluding hydrogens is 260 g/mol. The first-order valence-corrected chi connectivity index (χ1v) is 9.41. The van der Waals surface area contributed by atoms with Crippen LogP contribution in [-0.2, 0) is 4.74 Å². The Morgan fingerprint density at radius 1 is 1.00 bits per heavy atom. The lowest BCUT2D eigenvalue weighted by molar-refractivity contribution is -0.0199. The van der Waals surface area contributed by atoms with Gasteiger partial charge >= 0.3 is 0 Å². The standard InChI is InChI=1S/C18H38N2O/c1-3-5-6-7-8-12-15-17(20-19)18(21-4-2)16-13-10-9-11-14-16/h16-18,20H,3-15,19H2,1-2H3. The van der Waals surface area contributed by atoms with Crippen LogP contribution < -0.4 is 11.3 Å². The molecule has 0 aromatic carbocycles.